The van der Waals surface area contributed by atoms with Gasteiger partial charge in [-0.3, -0.25) is 0 Å². The van der Waals surface area contributed by atoms with Gasteiger partial charge in [0.2, 0.25) is 0 Å². The number of carbonyl (C=O) groups excluding carboxylic acids is 1. The summed E-state index contributed by atoms with van der Waals surface area (Å²) in [5, 5.41) is 0. The molecule has 0 amide bonds. The summed E-state index contributed by atoms with van der Waals surface area (Å²) in [4.78, 5) is 14.3. The lowest BCUT2D eigenvalue weighted by Crippen LogP contribution is -2.05. The summed E-state index contributed by atoms with van der Waals surface area (Å²) in [5.74, 6) is -0.260. The van der Waals surface area contributed by atoms with E-state index in [1.165, 1.54) is 12.0 Å². The topological polar surface area (TPSA) is 26.3 Å². The highest BCUT2D eigenvalue weighted by Crippen LogP contribution is 2.44. The highest BCUT2D eigenvalue weighted by atomic mass is 32.2. The number of rotatable bonds is 3. The molecule has 0 N–H and O–H groups in total. The van der Waals surface area contributed by atoms with Gasteiger partial charge in [0.15, 0.2) is 0 Å². The largest absolute Gasteiger partial charge is 0.465 e. The number of ether oxygens (including phenoxy) is 1. The third-order valence-corrected chi connectivity index (χ3v) is 5.46. The minimum absolute atomic E-state index is 0.260. The third-order valence-electron chi connectivity index (χ3n) is 3.12. The van der Waals surface area contributed by atoms with E-state index in [0.717, 1.165) is 10.5 Å². The number of hydrogen-bond acceptors (Lipinski definition) is 2. The Bertz CT molecular complexity index is 579. The molecule has 0 heterocycles. The van der Waals surface area contributed by atoms with Gasteiger partial charge in [-0.05, 0) is 29.7 Å². The Balaban J connectivity index is 2.52. The zero-order valence-corrected chi connectivity index (χ0v) is 12.3. The molecule has 0 aliphatic heterocycles. The first-order valence-corrected chi connectivity index (χ1v) is 7.90. The highest BCUT2D eigenvalue weighted by Gasteiger charge is 2.17. The summed E-state index contributed by atoms with van der Waals surface area (Å²) in [5.41, 5.74) is 1.82. The fourth-order valence-electron chi connectivity index (χ4n) is 2.16. The van der Waals surface area contributed by atoms with Crippen LogP contribution in [0.25, 0.3) is 0 Å². The summed E-state index contributed by atoms with van der Waals surface area (Å²) in [6.45, 7) is 2.05. The molecule has 100 valence electrons. The number of carbonyl (C=O) groups is 1. The summed E-state index contributed by atoms with van der Waals surface area (Å²) in [6.07, 6.45) is 2.18. The Morgan fingerprint density at radius 1 is 1.05 bits per heavy atom. The molecule has 0 radical (unpaired) electrons. The van der Waals surface area contributed by atoms with E-state index in [1.807, 2.05) is 43.3 Å². The Morgan fingerprint density at radius 3 is 2.37 bits per heavy atom. The van der Waals surface area contributed by atoms with Crippen molar-refractivity contribution in [1.82, 2.24) is 0 Å². The van der Waals surface area contributed by atoms with Crippen LogP contribution in [0.1, 0.15) is 15.9 Å². The van der Waals surface area contributed by atoms with Crippen molar-refractivity contribution < 1.29 is 9.53 Å². The molecule has 2 aromatic carbocycles. The van der Waals surface area contributed by atoms with Gasteiger partial charge < -0.3 is 4.74 Å². The molecule has 0 aliphatic rings. The first kappa shape index (κ1) is 13.7. The van der Waals surface area contributed by atoms with Crippen molar-refractivity contribution in [1.29, 1.82) is 0 Å². The van der Waals surface area contributed by atoms with Gasteiger partial charge >= 0.3 is 5.97 Å². The van der Waals surface area contributed by atoms with Gasteiger partial charge in [0.05, 0.1) is 12.7 Å². The molecule has 2 rings (SSSR count). The van der Waals surface area contributed by atoms with E-state index in [9.17, 15) is 4.79 Å². The van der Waals surface area contributed by atoms with E-state index < -0.39 is 10.9 Å². The summed E-state index contributed by atoms with van der Waals surface area (Å²) >= 11 is 0. The average Bonchev–Trinajstić information content (AvgIpc) is 2.46. The maximum Gasteiger partial charge on any atom is 0.338 e. The third kappa shape index (κ3) is 2.82. The molecule has 3 heteroatoms. The number of esters is 1. The maximum atomic E-state index is 11.9. The Kier molecular flexibility index (Phi) is 4.27. The van der Waals surface area contributed by atoms with Gasteiger partial charge in [-0.1, -0.05) is 42.5 Å². The molecule has 0 saturated heterocycles. The van der Waals surface area contributed by atoms with Crippen LogP contribution >= 0.6 is 10.9 Å². The lowest BCUT2D eigenvalue weighted by Gasteiger charge is -2.22. The summed E-state index contributed by atoms with van der Waals surface area (Å²) in [6, 6.07) is 16.1. The first-order chi connectivity index (χ1) is 9.15. The van der Waals surface area contributed by atoms with Crippen LogP contribution in [0.5, 0.6) is 0 Å². The molecule has 1 atom stereocenters. The predicted octanol–water partition coefficient (Wildman–Crippen LogP) is 3.83. The zero-order valence-electron chi connectivity index (χ0n) is 11.4. The fourth-order valence-corrected chi connectivity index (χ4v) is 4.17. The van der Waals surface area contributed by atoms with E-state index in [-0.39, 0.29) is 5.97 Å². The second-order valence-electron chi connectivity index (χ2n) is 4.36. The predicted molar refractivity (Wildman–Crippen MR) is 80.4 cm³/mol. The minimum atomic E-state index is -0.551. The quantitative estimate of drug-likeness (QED) is 0.680. The number of aryl methyl sites for hydroxylation is 1. The van der Waals surface area contributed by atoms with Crippen molar-refractivity contribution in [2.24, 2.45) is 0 Å². The lowest BCUT2D eigenvalue weighted by atomic mass is 10.1. The van der Waals surface area contributed by atoms with Gasteiger partial charge in [-0.15, -0.1) is 0 Å². The van der Waals surface area contributed by atoms with Crippen LogP contribution in [0.4, 0.5) is 0 Å². The van der Waals surface area contributed by atoms with E-state index in [1.54, 1.807) is 0 Å². The molecule has 2 aromatic rings. The highest BCUT2D eigenvalue weighted by molar-refractivity contribution is 8.16. The monoisotopic (exact) mass is 274 g/mol. The van der Waals surface area contributed by atoms with E-state index in [2.05, 4.69) is 18.4 Å². The molecule has 2 nitrogen and oxygen atoms in total. The van der Waals surface area contributed by atoms with Gasteiger partial charge in [-0.25, -0.2) is 15.7 Å². The van der Waals surface area contributed by atoms with Gasteiger partial charge in [0.1, 0.15) is 0 Å². The van der Waals surface area contributed by atoms with Gasteiger partial charge in [0.25, 0.3) is 0 Å². The number of hydrogen-bond donors (Lipinski definition) is 1. The molecule has 0 spiro atoms. The Hall–Kier alpha value is -1.74. The molecule has 0 aliphatic carbocycles. The van der Waals surface area contributed by atoms with E-state index in [4.69, 9.17) is 4.74 Å². The van der Waals surface area contributed by atoms with Crippen LogP contribution in [-0.4, -0.2) is 19.3 Å². The molecule has 0 bridgehead atoms. The van der Waals surface area contributed by atoms with Crippen LogP contribution in [0.2, 0.25) is 0 Å². The fraction of sp³-hybridized carbons (Fsp3) is 0.188. The molecular formula is C16H18O2S. The second-order valence-corrected chi connectivity index (χ2v) is 6.44. The molecule has 0 aromatic heterocycles. The summed E-state index contributed by atoms with van der Waals surface area (Å²) in [7, 11) is 0.874. The van der Waals surface area contributed by atoms with Crippen LogP contribution in [0, 0.1) is 6.92 Å². The second kappa shape index (κ2) is 5.93. The summed E-state index contributed by atoms with van der Waals surface area (Å²) < 4.78 is 4.89. The van der Waals surface area contributed by atoms with Crippen LogP contribution in [0.15, 0.2) is 58.3 Å². The first-order valence-electron chi connectivity index (χ1n) is 6.12. The lowest BCUT2D eigenvalue weighted by molar-refractivity contribution is 0.0596. The SMILES string of the molecule is COC(=O)c1cccc(C)c1[SH](C)c1ccccc1. The van der Waals surface area contributed by atoms with Crippen LogP contribution < -0.4 is 0 Å². The van der Waals surface area contributed by atoms with Crippen LogP contribution in [-0.2, 0) is 4.74 Å². The number of benzene rings is 2. The van der Waals surface area contributed by atoms with Crippen molar-refractivity contribution in [3.8, 4) is 0 Å². The van der Waals surface area contributed by atoms with E-state index in [0.29, 0.717) is 5.56 Å². The molecule has 1 unspecified atom stereocenters. The van der Waals surface area contributed by atoms with Crippen molar-refractivity contribution >= 4 is 16.9 Å². The maximum absolute atomic E-state index is 11.9. The molecule has 0 fully saturated rings. The smallest absolute Gasteiger partial charge is 0.338 e. The zero-order chi connectivity index (χ0) is 13.8. The van der Waals surface area contributed by atoms with Crippen LogP contribution in [0.3, 0.4) is 0 Å². The minimum Gasteiger partial charge on any atom is -0.465 e. The standard InChI is InChI=1S/C16H18O2S/c1-12-8-7-11-14(16(17)18-2)15(12)19(3)13-9-5-4-6-10-13/h4-11,19H,1-3H3. The average molecular weight is 274 g/mol. The normalized spacial score (nSPS) is 12.9. The number of thiol groups is 1. The van der Waals surface area contributed by atoms with Crippen molar-refractivity contribution in [3.63, 3.8) is 0 Å². The van der Waals surface area contributed by atoms with Gasteiger partial charge in [-0.2, -0.15) is 0 Å². The Labute approximate surface area is 116 Å². The van der Waals surface area contributed by atoms with E-state index >= 15 is 0 Å². The molecule has 19 heavy (non-hydrogen) atoms. The Morgan fingerprint density at radius 2 is 1.74 bits per heavy atom. The molecule has 0 saturated carbocycles. The van der Waals surface area contributed by atoms with Crippen molar-refractivity contribution in [2.75, 3.05) is 13.4 Å². The van der Waals surface area contributed by atoms with Crippen molar-refractivity contribution in [2.45, 2.75) is 16.7 Å². The van der Waals surface area contributed by atoms with Gasteiger partial charge in [0, 0.05) is 4.90 Å². The van der Waals surface area contributed by atoms with Crippen molar-refractivity contribution in [3.05, 3.63) is 59.7 Å². The number of methoxy groups -OCH3 is 1. The molecular weight excluding hydrogens is 256 g/mol.